The third-order valence-electron chi connectivity index (χ3n) is 7.91. The highest BCUT2D eigenvalue weighted by Crippen LogP contribution is 2.34. The molecule has 0 unspecified atom stereocenters. The molecule has 18 nitrogen and oxygen atoms in total. The first-order chi connectivity index (χ1) is 30.0. The SMILES string of the molecule is C=CC(=O)OCCNC(=O)OCCOc1ccc(C(c2ccc(OCCOC(=O)NCCOC(=O)C=C)cc2)c2ccc(OCCOC(=O)NCCOC(=O)C(=C)C)cc2)cc1. The minimum Gasteiger partial charge on any atom is -0.490 e. The summed E-state index contributed by atoms with van der Waals surface area (Å²) in [7, 11) is 0. The lowest BCUT2D eigenvalue weighted by molar-refractivity contribution is -0.139. The summed E-state index contributed by atoms with van der Waals surface area (Å²) < 4.78 is 47.2. The van der Waals surface area contributed by atoms with Gasteiger partial charge < -0.3 is 58.6 Å². The molecular weight excluding hydrogens is 810 g/mol. The van der Waals surface area contributed by atoms with Crippen LogP contribution >= 0.6 is 0 Å². The van der Waals surface area contributed by atoms with Crippen LogP contribution in [0.2, 0.25) is 0 Å². The summed E-state index contributed by atoms with van der Waals surface area (Å²) in [6.07, 6.45) is 0.0165. The van der Waals surface area contributed by atoms with Gasteiger partial charge >= 0.3 is 36.2 Å². The van der Waals surface area contributed by atoms with Gasteiger partial charge in [-0.2, -0.15) is 0 Å². The zero-order valence-electron chi connectivity index (χ0n) is 34.4. The van der Waals surface area contributed by atoms with Gasteiger partial charge in [-0.1, -0.05) is 56.1 Å². The van der Waals surface area contributed by atoms with Gasteiger partial charge in [0.25, 0.3) is 0 Å². The Morgan fingerprint density at radius 3 is 1.06 bits per heavy atom. The minimum atomic E-state index is -0.680. The van der Waals surface area contributed by atoms with Crippen molar-refractivity contribution in [3.63, 3.8) is 0 Å². The van der Waals surface area contributed by atoms with Crippen LogP contribution in [0.5, 0.6) is 17.2 Å². The summed E-state index contributed by atoms with van der Waals surface area (Å²) in [5.74, 6) is -0.318. The van der Waals surface area contributed by atoms with E-state index < -0.39 is 36.2 Å². The molecule has 0 saturated carbocycles. The van der Waals surface area contributed by atoms with Crippen LogP contribution in [0.4, 0.5) is 14.4 Å². The minimum absolute atomic E-state index is 0.0174. The highest BCUT2D eigenvalue weighted by atomic mass is 16.6. The van der Waals surface area contributed by atoms with Gasteiger partial charge in [0.2, 0.25) is 0 Å². The fraction of sp³-hybridized carbons (Fsp3) is 0.318. The predicted octanol–water partition coefficient (Wildman–Crippen LogP) is 4.76. The number of amides is 3. The molecule has 3 rings (SSSR count). The Morgan fingerprint density at radius 1 is 0.468 bits per heavy atom. The Morgan fingerprint density at radius 2 is 0.774 bits per heavy atom. The number of nitrogens with one attached hydrogen (secondary N) is 3. The monoisotopic (exact) mass is 861 g/mol. The van der Waals surface area contributed by atoms with Crippen LogP contribution in [-0.4, -0.2) is 115 Å². The first-order valence-electron chi connectivity index (χ1n) is 19.3. The van der Waals surface area contributed by atoms with Gasteiger partial charge in [-0.25, -0.2) is 28.8 Å². The lowest BCUT2D eigenvalue weighted by atomic mass is 9.85. The van der Waals surface area contributed by atoms with Crippen molar-refractivity contribution in [3.05, 3.63) is 127 Å². The van der Waals surface area contributed by atoms with Crippen molar-refractivity contribution in [2.24, 2.45) is 0 Å². The molecule has 0 aromatic heterocycles. The van der Waals surface area contributed by atoms with E-state index in [4.69, 9.17) is 42.6 Å². The Hall–Kier alpha value is -7.50. The summed E-state index contributed by atoms with van der Waals surface area (Å²) in [5.41, 5.74) is 3.05. The van der Waals surface area contributed by atoms with E-state index in [2.05, 4.69) is 35.7 Å². The van der Waals surface area contributed by atoms with Crippen LogP contribution in [0.1, 0.15) is 29.5 Å². The highest BCUT2D eigenvalue weighted by molar-refractivity contribution is 5.87. The first kappa shape index (κ1) is 48.9. The Balaban J connectivity index is 1.57. The van der Waals surface area contributed by atoms with Crippen LogP contribution in [0.25, 0.3) is 0 Å². The molecule has 0 atom stereocenters. The van der Waals surface area contributed by atoms with Crippen LogP contribution in [0.15, 0.2) is 110 Å². The summed E-state index contributed by atoms with van der Waals surface area (Å²) >= 11 is 0. The van der Waals surface area contributed by atoms with Crippen molar-refractivity contribution < 1.29 is 71.4 Å². The molecule has 62 heavy (non-hydrogen) atoms. The molecule has 18 heteroatoms. The third kappa shape index (κ3) is 19.5. The molecule has 0 radical (unpaired) electrons. The Bertz CT molecular complexity index is 1840. The number of alkyl carbamates (subject to hydrolysis) is 3. The van der Waals surface area contributed by atoms with E-state index in [1.807, 2.05) is 36.4 Å². The molecule has 0 fully saturated rings. The maximum Gasteiger partial charge on any atom is 0.407 e. The maximum absolute atomic E-state index is 11.9. The second-order valence-corrected chi connectivity index (χ2v) is 12.5. The molecule has 0 aliphatic carbocycles. The summed E-state index contributed by atoms with van der Waals surface area (Å²) in [5, 5.41) is 7.41. The van der Waals surface area contributed by atoms with Gasteiger partial charge in [0.05, 0.1) is 19.6 Å². The summed E-state index contributed by atoms with van der Waals surface area (Å²) in [4.78, 5) is 69.3. The van der Waals surface area contributed by atoms with Crippen molar-refractivity contribution in [1.82, 2.24) is 16.0 Å². The number of benzene rings is 3. The molecule has 0 aliphatic heterocycles. The van der Waals surface area contributed by atoms with Crippen molar-refractivity contribution in [1.29, 1.82) is 0 Å². The topological polar surface area (TPSA) is 222 Å². The smallest absolute Gasteiger partial charge is 0.407 e. The quantitative estimate of drug-likeness (QED) is 0.0309. The zero-order valence-corrected chi connectivity index (χ0v) is 34.4. The van der Waals surface area contributed by atoms with Crippen molar-refractivity contribution in [2.45, 2.75) is 12.8 Å². The lowest BCUT2D eigenvalue weighted by Gasteiger charge is -2.20. The van der Waals surface area contributed by atoms with Gasteiger partial charge in [-0.05, 0) is 60.0 Å². The van der Waals surface area contributed by atoms with E-state index >= 15 is 0 Å². The second-order valence-electron chi connectivity index (χ2n) is 12.5. The van der Waals surface area contributed by atoms with Gasteiger partial charge in [-0.3, -0.25) is 0 Å². The number of ether oxygens (including phenoxy) is 9. The van der Waals surface area contributed by atoms with Crippen LogP contribution < -0.4 is 30.2 Å². The molecule has 3 aromatic rings. The molecule has 0 bridgehead atoms. The number of carbonyl (C=O) groups is 6. The fourth-order valence-electron chi connectivity index (χ4n) is 5.03. The van der Waals surface area contributed by atoms with Crippen LogP contribution in [-0.2, 0) is 42.8 Å². The summed E-state index contributed by atoms with van der Waals surface area (Å²) in [6.45, 7) is 12.0. The van der Waals surface area contributed by atoms with Gasteiger partial charge in [0, 0.05) is 23.6 Å². The van der Waals surface area contributed by atoms with E-state index in [1.165, 1.54) is 6.92 Å². The van der Waals surface area contributed by atoms with Gasteiger partial charge in [0.1, 0.15) is 76.7 Å². The molecule has 0 heterocycles. The predicted molar refractivity (Wildman–Crippen MR) is 223 cm³/mol. The standard InChI is InChI=1S/C44H51N3O15/c1-5-38(48)57-22-19-45-42(51)60-28-25-54-35-13-7-32(8-14-35)40(33-9-15-36(16-10-33)55-26-29-61-43(52)46-20-23-58-39(49)6-2)34-11-17-37(18-12-34)56-27-30-62-44(53)47-21-24-59-41(50)31(3)4/h5-18,40H,1-3,19-30H2,4H3,(H,45,51)(H,46,52)(H,47,53). The molecule has 0 aliphatic rings. The second kappa shape index (κ2) is 28.1. The molecule has 3 amide bonds. The largest absolute Gasteiger partial charge is 0.490 e. The Labute approximate surface area is 359 Å². The normalized spacial score (nSPS) is 10.2. The third-order valence-corrected chi connectivity index (χ3v) is 7.91. The lowest BCUT2D eigenvalue weighted by Crippen LogP contribution is -2.29. The fourth-order valence-corrected chi connectivity index (χ4v) is 5.03. The van der Waals surface area contributed by atoms with Crippen LogP contribution in [0.3, 0.4) is 0 Å². The molecule has 332 valence electrons. The molecule has 3 N–H and O–H groups in total. The number of esters is 3. The van der Waals surface area contributed by atoms with Crippen molar-refractivity contribution in [3.8, 4) is 17.2 Å². The molecule has 0 saturated heterocycles. The van der Waals surface area contributed by atoms with E-state index in [-0.39, 0.29) is 90.6 Å². The highest BCUT2D eigenvalue weighted by Gasteiger charge is 2.18. The van der Waals surface area contributed by atoms with Crippen molar-refractivity contribution in [2.75, 3.05) is 79.1 Å². The number of carbonyl (C=O) groups excluding carboxylic acids is 6. The number of hydrogen-bond donors (Lipinski definition) is 3. The van der Waals surface area contributed by atoms with Gasteiger partial charge in [0.15, 0.2) is 0 Å². The van der Waals surface area contributed by atoms with Gasteiger partial charge in [-0.15, -0.1) is 0 Å². The van der Waals surface area contributed by atoms with E-state index in [1.54, 1.807) is 36.4 Å². The molecule has 0 spiro atoms. The first-order valence-corrected chi connectivity index (χ1v) is 19.3. The van der Waals surface area contributed by atoms with E-state index in [9.17, 15) is 28.8 Å². The Kier molecular flexibility index (Phi) is 22.1. The summed E-state index contributed by atoms with van der Waals surface area (Å²) in [6, 6.07) is 22.4. The van der Waals surface area contributed by atoms with E-state index in [0.717, 1.165) is 28.8 Å². The number of rotatable bonds is 27. The van der Waals surface area contributed by atoms with Crippen molar-refractivity contribution >= 4 is 36.2 Å². The van der Waals surface area contributed by atoms with Crippen LogP contribution in [0, 0.1) is 0 Å². The average Bonchev–Trinajstić information content (AvgIpc) is 3.28. The van der Waals surface area contributed by atoms with E-state index in [0.29, 0.717) is 17.2 Å². The number of hydrogen-bond acceptors (Lipinski definition) is 15. The average molecular weight is 862 g/mol. The maximum atomic E-state index is 11.9. The molecule has 3 aromatic carbocycles. The zero-order chi connectivity index (χ0) is 45.0. The molecular formula is C44H51N3O15.